The van der Waals surface area contributed by atoms with Gasteiger partial charge in [0, 0.05) is 19.6 Å². The molecule has 0 bridgehead atoms. The first-order chi connectivity index (χ1) is 9.31. The minimum absolute atomic E-state index is 0.00420. The summed E-state index contributed by atoms with van der Waals surface area (Å²) in [6, 6.07) is 0.00420. The Balaban J connectivity index is 1.64. The number of ether oxygens (including phenoxy) is 1. The number of likely N-dealkylation sites (tertiary alicyclic amines) is 1. The van der Waals surface area contributed by atoms with Gasteiger partial charge in [0.05, 0.1) is 11.6 Å². The maximum atomic E-state index is 12.0. The smallest absolute Gasteiger partial charge is 0.410 e. The van der Waals surface area contributed by atoms with Crippen LogP contribution in [-0.2, 0) is 9.53 Å². The summed E-state index contributed by atoms with van der Waals surface area (Å²) in [5.74, 6) is 0.142. The molecule has 0 aliphatic carbocycles. The van der Waals surface area contributed by atoms with Crippen molar-refractivity contribution in [3.05, 3.63) is 0 Å². The molecule has 3 heterocycles. The van der Waals surface area contributed by atoms with Crippen molar-refractivity contribution >= 4 is 12.0 Å². The number of nitrogens with one attached hydrogen (secondary N) is 1. The van der Waals surface area contributed by atoms with Crippen LogP contribution in [0.4, 0.5) is 4.79 Å². The Bertz CT molecular complexity index is 437. The molecule has 0 aromatic carbocycles. The number of fused-ring (bicyclic) bond motifs is 2. The highest BCUT2D eigenvalue weighted by molar-refractivity contribution is 5.83. The zero-order valence-electron chi connectivity index (χ0n) is 12.4. The van der Waals surface area contributed by atoms with E-state index in [2.05, 4.69) is 10.2 Å². The van der Waals surface area contributed by atoms with Crippen molar-refractivity contribution in [1.29, 1.82) is 0 Å². The number of carbonyl (C=O) groups excluding carboxylic acids is 2. The first-order valence-electron chi connectivity index (χ1n) is 7.33. The van der Waals surface area contributed by atoms with Gasteiger partial charge in [-0.15, -0.1) is 0 Å². The molecular weight excluding hydrogens is 258 g/mol. The topological polar surface area (TPSA) is 61.9 Å². The SMILES string of the molecule is CC(C)(C)OC(=O)N1CC2(CNC(=O)[C@H]3CCCN32)C1. The summed E-state index contributed by atoms with van der Waals surface area (Å²) in [7, 11) is 0. The highest BCUT2D eigenvalue weighted by Crippen LogP contribution is 2.37. The number of rotatable bonds is 0. The summed E-state index contributed by atoms with van der Waals surface area (Å²) < 4.78 is 5.39. The van der Waals surface area contributed by atoms with Crippen molar-refractivity contribution in [1.82, 2.24) is 15.1 Å². The van der Waals surface area contributed by atoms with Crippen molar-refractivity contribution in [2.75, 3.05) is 26.2 Å². The minimum atomic E-state index is -0.462. The Hall–Kier alpha value is -1.30. The molecule has 3 saturated heterocycles. The second kappa shape index (κ2) is 4.35. The van der Waals surface area contributed by atoms with Gasteiger partial charge in [-0.05, 0) is 40.2 Å². The molecule has 2 amide bonds. The third-order valence-corrected chi connectivity index (χ3v) is 4.38. The largest absolute Gasteiger partial charge is 0.444 e. The number of hydrogen-bond acceptors (Lipinski definition) is 4. The molecule has 3 fully saturated rings. The molecule has 1 N–H and O–H groups in total. The maximum absolute atomic E-state index is 12.0. The second-order valence-electron chi connectivity index (χ2n) is 7.13. The monoisotopic (exact) mass is 281 g/mol. The van der Waals surface area contributed by atoms with Crippen LogP contribution in [0.5, 0.6) is 0 Å². The van der Waals surface area contributed by atoms with Crippen LogP contribution in [0.3, 0.4) is 0 Å². The van der Waals surface area contributed by atoms with E-state index in [0.717, 1.165) is 19.4 Å². The van der Waals surface area contributed by atoms with Crippen LogP contribution >= 0.6 is 0 Å². The summed E-state index contributed by atoms with van der Waals surface area (Å²) in [4.78, 5) is 27.9. The van der Waals surface area contributed by atoms with Gasteiger partial charge in [0.15, 0.2) is 0 Å². The summed E-state index contributed by atoms with van der Waals surface area (Å²) in [5, 5.41) is 2.99. The molecule has 6 nitrogen and oxygen atoms in total. The van der Waals surface area contributed by atoms with Crippen LogP contribution in [0.15, 0.2) is 0 Å². The van der Waals surface area contributed by atoms with Gasteiger partial charge in [-0.3, -0.25) is 9.69 Å². The van der Waals surface area contributed by atoms with E-state index in [9.17, 15) is 9.59 Å². The highest BCUT2D eigenvalue weighted by atomic mass is 16.6. The third kappa shape index (κ3) is 2.16. The molecule has 0 saturated carbocycles. The molecule has 1 atom stereocenters. The highest BCUT2D eigenvalue weighted by Gasteiger charge is 2.56. The summed E-state index contributed by atoms with van der Waals surface area (Å²) in [5.41, 5.74) is -0.525. The fraction of sp³-hybridized carbons (Fsp3) is 0.857. The van der Waals surface area contributed by atoms with Crippen molar-refractivity contribution < 1.29 is 14.3 Å². The fourth-order valence-corrected chi connectivity index (χ4v) is 3.49. The predicted octanol–water partition coefficient (Wildman–Crippen LogP) is 0.570. The Morgan fingerprint density at radius 3 is 2.75 bits per heavy atom. The maximum Gasteiger partial charge on any atom is 0.410 e. The van der Waals surface area contributed by atoms with Crippen LogP contribution in [-0.4, -0.2) is 65.2 Å². The lowest BCUT2D eigenvalue weighted by Crippen LogP contribution is -2.79. The van der Waals surface area contributed by atoms with E-state index in [-0.39, 0.29) is 23.6 Å². The number of piperazine rings is 1. The van der Waals surface area contributed by atoms with E-state index < -0.39 is 5.60 Å². The second-order valence-corrected chi connectivity index (χ2v) is 7.13. The van der Waals surface area contributed by atoms with E-state index >= 15 is 0 Å². The molecular formula is C14H23N3O3. The molecule has 1 spiro atoms. The summed E-state index contributed by atoms with van der Waals surface area (Å²) in [6.45, 7) is 8.52. The molecule has 6 heteroatoms. The molecule has 3 rings (SSSR count). The van der Waals surface area contributed by atoms with Crippen molar-refractivity contribution in [3.63, 3.8) is 0 Å². The van der Waals surface area contributed by atoms with Crippen molar-refractivity contribution in [2.24, 2.45) is 0 Å². The molecule has 3 aliphatic heterocycles. The Labute approximate surface area is 119 Å². The predicted molar refractivity (Wildman–Crippen MR) is 73.3 cm³/mol. The standard InChI is InChI=1S/C14H23N3O3/c1-13(2,3)20-12(19)16-8-14(9-16)7-15-11(18)10-5-4-6-17(10)14/h10H,4-9H2,1-3H3,(H,15,18)/t10-/m1/s1. The van der Waals surface area contributed by atoms with Crippen LogP contribution in [0.1, 0.15) is 33.6 Å². The summed E-state index contributed by atoms with van der Waals surface area (Å²) in [6.07, 6.45) is 1.74. The van der Waals surface area contributed by atoms with Gasteiger partial charge in [0.25, 0.3) is 0 Å². The average molecular weight is 281 g/mol. The molecule has 0 aromatic rings. The van der Waals surface area contributed by atoms with Crippen LogP contribution in [0.2, 0.25) is 0 Å². The minimum Gasteiger partial charge on any atom is -0.444 e. The van der Waals surface area contributed by atoms with E-state index in [1.807, 2.05) is 20.8 Å². The van der Waals surface area contributed by atoms with Gasteiger partial charge >= 0.3 is 6.09 Å². The first-order valence-corrected chi connectivity index (χ1v) is 7.33. The van der Waals surface area contributed by atoms with Gasteiger partial charge in [-0.2, -0.15) is 0 Å². The van der Waals surface area contributed by atoms with Gasteiger partial charge < -0.3 is 15.0 Å². The van der Waals surface area contributed by atoms with Crippen molar-refractivity contribution in [3.8, 4) is 0 Å². The van der Waals surface area contributed by atoms with E-state index in [1.54, 1.807) is 4.90 Å². The molecule has 112 valence electrons. The molecule has 0 aromatic heterocycles. The Morgan fingerprint density at radius 2 is 2.10 bits per heavy atom. The number of nitrogens with zero attached hydrogens (tertiary/aromatic N) is 2. The van der Waals surface area contributed by atoms with Crippen molar-refractivity contribution in [2.45, 2.75) is 50.8 Å². The Morgan fingerprint density at radius 1 is 1.40 bits per heavy atom. The molecule has 0 radical (unpaired) electrons. The number of amides is 2. The normalized spacial score (nSPS) is 28.9. The lowest BCUT2D eigenvalue weighted by molar-refractivity contribution is -0.141. The quantitative estimate of drug-likeness (QED) is 0.705. The third-order valence-electron chi connectivity index (χ3n) is 4.38. The molecule has 3 aliphatic rings. The van der Waals surface area contributed by atoms with Crippen LogP contribution < -0.4 is 5.32 Å². The van der Waals surface area contributed by atoms with Gasteiger partial charge in [-0.1, -0.05) is 0 Å². The zero-order valence-corrected chi connectivity index (χ0v) is 12.4. The summed E-state index contributed by atoms with van der Waals surface area (Å²) >= 11 is 0. The van der Waals surface area contributed by atoms with Gasteiger partial charge in [0.2, 0.25) is 5.91 Å². The van der Waals surface area contributed by atoms with Crippen LogP contribution in [0.25, 0.3) is 0 Å². The lowest BCUT2D eigenvalue weighted by atomic mass is 9.85. The lowest BCUT2D eigenvalue weighted by Gasteiger charge is -2.57. The van der Waals surface area contributed by atoms with Gasteiger partial charge in [0.1, 0.15) is 5.60 Å². The molecule has 20 heavy (non-hydrogen) atoms. The first kappa shape index (κ1) is 13.7. The number of hydrogen-bond donors (Lipinski definition) is 1. The van der Waals surface area contributed by atoms with E-state index in [1.165, 1.54) is 0 Å². The Kier molecular flexibility index (Phi) is 2.97. The molecule has 0 unspecified atom stereocenters. The fourth-order valence-electron chi connectivity index (χ4n) is 3.49. The zero-order chi connectivity index (χ0) is 14.5. The average Bonchev–Trinajstić information content (AvgIpc) is 2.74. The van der Waals surface area contributed by atoms with E-state index in [4.69, 9.17) is 4.74 Å². The van der Waals surface area contributed by atoms with E-state index in [0.29, 0.717) is 19.6 Å². The number of carbonyl (C=O) groups is 2. The van der Waals surface area contributed by atoms with Crippen LogP contribution in [0, 0.1) is 0 Å². The van der Waals surface area contributed by atoms with Gasteiger partial charge in [-0.25, -0.2) is 4.79 Å².